The highest BCUT2D eigenvalue weighted by atomic mass is 16.2. The van der Waals surface area contributed by atoms with Gasteiger partial charge in [-0.15, -0.1) is 0 Å². The molecule has 4 N–H and O–H groups in total. The van der Waals surface area contributed by atoms with E-state index >= 15 is 0 Å². The number of unbranched alkanes of at least 4 members (excludes halogenated alkanes) is 2. The Bertz CT molecular complexity index is 1310. The first-order valence-corrected chi connectivity index (χ1v) is 10.4. The molecule has 2 heterocycles. The van der Waals surface area contributed by atoms with E-state index in [1.54, 1.807) is 36.4 Å². The number of carbonyl (C=O) groups is 2. The molecule has 1 aliphatic heterocycles. The topological polar surface area (TPSA) is 139 Å². The highest BCUT2D eigenvalue weighted by Gasteiger charge is 2.34. The summed E-state index contributed by atoms with van der Waals surface area (Å²) in [7, 11) is 0. The van der Waals surface area contributed by atoms with Crippen LogP contribution in [0.1, 0.15) is 51.1 Å². The number of rotatable bonds is 5. The number of nitrogens with two attached hydrogens (primary N) is 2. The number of aromatic nitrogens is 2. The molecule has 2 aromatic carbocycles. The van der Waals surface area contributed by atoms with Crippen LogP contribution in [-0.2, 0) is 0 Å². The monoisotopic (exact) mass is 436 g/mol. The normalized spacial score (nSPS) is 12.2. The zero-order valence-corrected chi connectivity index (χ0v) is 17.7. The first kappa shape index (κ1) is 21.5. The van der Waals surface area contributed by atoms with E-state index in [2.05, 4.69) is 21.8 Å². The molecule has 0 atom stereocenters. The van der Waals surface area contributed by atoms with Crippen molar-refractivity contribution in [3.8, 4) is 29.2 Å². The van der Waals surface area contributed by atoms with Gasteiger partial charge in [0.2, 0.25) is 5.95 Å². The average molecular weight is 436 g/mol. The van der Waals surface area contributed by atoms with Gasteiger partial charge in [-0.2, -0.15) is 10.2 Å². The SMILES string of the molecule is N#Cc1c(N)nc(N)nc1-c1ccc(C#CCCCCN2C(=O)c3ccccc3C2=O)cc1. The summed E-state index contributed by atoms with van der Waals surface area (Å²) in [5, 5.41) is 9.32. The fraction of sp³-hybridized carbons (Fsp3) is 0.160. The van der Waals surface area contributed by atoms with Crippen molar-refractivity contribution in [2.24, 2.45) is 0 Å². The first-order chi connectivity index (χ1) is 16.0. The van der Waals surface area contributed by atoms with Crippen molar-refractivity contribution in [3.63, 3.8) is 0 Å². The summed E-state index contributed by atoms with van der Waals surface area (Å²) in [5.74, 6) is 5.80. The van der Waals surface area contributed by atoms with Crippen LogP contribution in [0, 0.1) is 23.2 Å². The lowest BCUT2D eigenvalue weighted by Gasteiger charge is -2.12. The van der Waals surface area contributed by atoms with Gasteiger partial charge in [-0.25, -0.2) is 4.98 Å². The van der Waals surface area contributed by atoms with E-state index in [1.807, 2.05) is 18.2 Å². The van der Waals surface area contributed by atoms with Crippen LogP contribution in [0.25, 0.3) is 11.3 Å². The highest BCUT2D eigenvalue weighted by Crippen LogP contribution is 2.25. The Kier molecular flexibility index (Phi) is 6.01. The van der Waals surface area contributed by atoms with Gasteiger partial charge in [0.1, 0.15) is 17.5 Å². The molecule has 8 heteroatoms. The van der Waals surface area contributed by atoms with E-state index in [9.17, 15) is 14.9 Å². The predicted octanol–water partition coefficient (Wildman–Crippen LogP) is 3.00. The number of fused-ring (bicyclic) bond motifs is 1. The molecule has 3 aromatic rings. The van der Waals surface area contributed by atoms with Gasteiger partial charge in [0.25, 0.3) is 11.8 Å². The lowest BCUT2D eigenvalue weighted by atomic mass is 10.0. The van der Waals surface area contributed by atoms with Crippen molar-refractivity contribution in [2.45, 2.75) is 19.3 Å². The molecule has 0 fully saturated rings. The van der Waals surface area contributed by atoms with Crippen molar-refractivity contribution in [3.05, 3.63) is 70.8 Å². The maximum atomic E-state index is 12.4. The van der Waals surface area contributed by atoms with Crippen molar-refractivity contribution < 1.29 is 9.59 Å². The van der Waals surface area contributed by atoms with Crippen LogP contribution in [0.3, 0.4) is 0 Å². The number of imide groups is 1. The molecule has 8 nitrogen and oxygen atoms in total. The molecule has 4 rings (SSSR count). The minimum atomic E-state index is -0.228. The summed E-state index contributed by atoms with van der Waals surface area (Å²) in [5.41, 5.74) is 14.4. The van der Waals surface area contributed by atoms with Crippen molar-refractivity contribution in [1.29, 1.82) is 5.26 Å². The highest BCUT2D eigenvalue weighted by molar-refractivity contribution is 6.21. The maximum absolute atomic E-state index is 12.4. The van der Waals surface area contributed by atoms with Crippen molar-refractivity contribution in [2.75, 3.05) is 18.0 Å². The number of hydrogen-bond acceptors (Lipinski definition) is 7. The molecule has 0 unspecified atom stereocenters. The number of nitriles is 1. The molecule has 162 valence electrons. The molecule has 0 saturated heterocycles. The number of anilines is 2. The third kappa shape index (κ3) is 4.36. The Hall–Kier alpha value is -4.69. The van der Waals surface area contributed by atoms with Crippen LogP contribution in [0.15, 0.2) is 48.5 Å². The summed E-state index contributed by atoms with van der Waals surface area (Å²) in [4.78, 5) is 34.0. The van der Waals surface area contributed by atoms with Gasteiger partial charge < -0.3 is 11.5 Å². The molecule has 0 aliphatic carbocycles. The van der Waals surface area contributed by atoms with Crippen LogP contribution >= 0.6 is 0 Å². The minimum Gasteiger partial charge on any atom is -0.382 e. The zero-order chi connectivity index (χ0) is 23.4. The Morgan fingerprint density at radius 1 is 0.909 bits per heavy atom. The molecule has 33 heavy (non-hydrogen) atoms. The van der Waals surface area contributed by atoms with Gasteiger partial charge in [0.05, 0.1) is 16.8 Å². The molecule has 0 spiro atoms. The van der Waals surface area contributed by atoms with Crippen molar-refractivity contribution >= 4 is 23.6 Å². The largest absolute Gasteiger partial charge is 0.382 e. The third-order valence-electron chi connectivity index (χ3n) is 5.27. The summed E-state index contributed by atoms with van der Waals surface area (Å²) in [6, 6.07) is 16.2. The summed E-state index contributed by atoms with van der Waals surface area (Å²) >= 11 is 0. The maximum Gasteiger partial charge on any atom is 0.261 e. The fourth-order valence-corrected chi connectivity index (χ4v) is 3.62. The first-order valence-electron chi connectivity index (χ1n) is 10.4. The van der Waals surface area contributed by atoms with Crippen LogP contribution < -0.4 is 11.5 Å². The summed E-state index contributed by atoms with van der Waals surface area (Å²) < 4.78 is 0. The molecule has 1 aromatic heterocycles. The standard InChI is InChI=1S/C25H20N6O2/c26-15-20-21(29-25(28)30-22(20)27)17-12-10-16(11-13-17)7-3-1-2-6-14-31-23(32)18-8-4-5-9-19(18)24(31)33/h4-5,8-13H,1-2,6,14H2,(H4,27,28,29,30). The second-order valence-corrected chi connectivity index (χ2v) is 7.45. The van der Waals surface area contributed by atoms with Crippen LogP contribution in [0.2, 0.25) is 0 Å². The minimum absolute atomic E-state index is 0.00609. The van der Waals surface area contributed by atoms with Gasteiger partial charge in [-0.05, 0) is 37.1 Å². The molecular weight excluding hydrogens is 416 g/mol. The summed E-state index contributed by atoms with van der Waals surface area (Å²) in [6.07, 6.45) is 2.10. The van der Waals surface area contributed by atoms with Gasteiger partial charge in [0.15, 0.2) is 0 Å². The average Bonchev–Trinajstić information content (AvgIpc) is 3.06. The van der Waals surface area contributed by atoms with Gasteiger partial charge >= 0.3 is 0 Å². The second-order valence-electron chi connectivity index (χ2n) is 7.45. The molecule has 0 bridgehead atoms. The van der Waals surface area contributed by atoms with E-state index in [0.717, 1.165) is 12.0 Å². The quantitative estimate of drug-likeness (QED) is 0.356. The van der Waals surface area contributed by atoms with E-state index in [1.165, 1.54) is 4.90 Å². The number of amides is 2. The number of benzene rings is 2. The Morgan fingerprint density at radius 3 is 2.21 bits per heavy atom. The Morgan fingerprint density at radius 2 is 1.58 bits per heavy atom. The Balaban J connectivity index is 1.31. The van der Waals surface area contributed by atoms with Crippen LogP contribution in [0.4, 0.5) is 11.8 Å². The van der Waals surface area contributed by atoms with Gasteiger partial charge in [-0.1, -0.05) is 36.1 Å². The molecule has 1 aliphatic rings. The van der Waals surface area contributed by atoms with Crippen LogP contribution in [-0.4, -0.2) is 33.2 Å². The van der Waals surface area contributed by atoms with E-state index in [-0.39, 0.29) is 29.1 Å². The lowest BCUT2D eigenvalue weighted by molar-refractivity contribution is 0.0652. The smallest absolute Gasteiger partial charge is 0.261 e. The number of hydrogen-bond donors (Lipinski definition) is 2. The Labute approximate surface area is 190 Å². The van der Waals surface area contributed by atoms with Crippen molar-refractivity contribution in [1.82, 2.24) is 14.9 Å². The number of nitrogens with zero attached hydrogens (tertiary/aromatic N) is 4. The van der Waals surface area contributed by atoms with Crippen LogP contribution in [0.5, 0.6) is 0 Å². The molecule has 0 saturated carbocycles. The zero-order valence-electron chi connectivity index (χ0n) is 17.7. The third-order valence-corrected chi connectivity index (χ3v) is 5.27. The fourth-order valence-electron chi connectivity index (χ4n) is 3.62. The molecular formula is C25H20N6O2. The predicted molar refractivity (Wildman–Crippen MR) is 124 cm³/mol. The molecule has 0 radical (unpaired) electrons. The van der Waals surface area contributed by atoms with E-state index in [0.29, 0.717) is 41.8 Å². The van der Waals surface area contributed by atoms with E-state index < -0.39 is 0 Å². The second kappa shape index (κ2) is 9.21. The lowest BCUT2D eigenvalue weighted by Crippen LogP contribution is -2.30. The number of nitrogen functional groups attached to an aromatic ring is 2. The summed E-state index contributed by atoms with van der Waals surface area (Å²) in [6.45, 7) is 0.384. The van der Waals surface area contributed by atoms with E-state index in [4.69, 9.17) is 11.5 Å². The van der Waals surface area contributed by atoms with Gasteiger partial charge in [-0.3, -0.25) is 14.5 Å². The number of carbonyl (C=O) groups excluding carboxylic acids is 2. The molecule has 2 amide bonds. The van der Waals surface area contributed by atoms with Gasteiger partial charge in [0, 0.05) is 24.1 Å².